The fraction of sp³-hybridized carbons (Fsp3) is 0.167. The number of hydrogen-bond acceptors (Lipinski definition) is 2. The van der Waals surface area contributed by atoms with E-state index in [1.165, 1.54) is 6.08 Å². The monoisotopic (exact) mass is 478 g/mol. The van der Waals surface area contributed by atoms with Gasteiger partial charge in [0.25, 0.3) is 0 Å². The summed E-state index contributed by atoms with van der Waals surface area (Å²) < 4.78 is 47.0. The van der Waals surface area contributed by atoms with Crippen LogP contribution in [0.5, 0.6) is 5.75 Å². The number of rotatable bonds is 6. The molecule has 0 bridgehead atoms. The molecule has 2 aromatic carbocycles. The van der Waals surface area contributed by atoms with Gasteiger partial charge in [-0.2, -0.15) is 8.78 Å². The van der Waals surface area contributed by atoms with Crippen LogP contribution in [0.4, 0.5) is 13.2 Å². The van der Waals surface area contributed by atoms with Gasteiger partial charge in [0.05, 0.1) is 28.5 Å². The Morgan fingerprint density at radius 1 is 1.33 bits per heavy atom. The number of halogens is 6. The number of benzene rings is 2. The van der Waals surface area contributed by atoms with Crippen LogP contribution in [-0.2, 0) is 12.4 Å². The van der Waals surface area contributed by atoms with E-state index in [0.29, 0.717) is 22.4 Å². The summed E-state index contributed by atoms with van der Waals surface area (Å²) in [6.45, 7) is 0.414. The number of imidazole rings is 1. The molecular formula is C18H12BrCl2F3N2O. The Kier molecular flexibility index (Phi) is 6.03. The first-order valence-electron chi connectivity index (χ1n) is 7.64. The number of fused-ring (bicyclic) bond motifs is 1. The lowest BCUT2D eigenvalue weighted by atomic mass is 10.1. The molecule has 3 rings (SSSR count). The van der Waals surface area contributed by atoms with E-state index in [4.69, 9.17) is 23.2 Å². The van der Waals surface area contributed by atoms with Crippen LogP contribution in [0.1, 0.15) is 17.0 Å². The molecule has 27 heavy (non-hydrogen) atoms. The van der Waals surface area contributed by atoms with Gasteiger partial charge in [-0.25, -0.2) is 9.37 Å². The van der Waals surface area contributed by atoms with E-state index in [1.807, 2.05) is 6.07 Å². The van der Waals surface area contributed by atoms with Crippen molar-refractivity contribution in [3.05, 3.63) is 63.1 Å². The van der Waals surface area contributed by atoms with Crippen molar-refractivity contribution in [2.24, 2.45) is 0 Å². The Hall–Kier alpha value is -1.70. The molecule has 0 N–H and O–H groups in total. The predicted octanol–water partition coefficient (Wildman–Crippen LogP) is 6.62. The highest BCUT2D eigenvalue weighted by Crippen LogP contribution is 2.35. The zero-order chi connectivity index (χ0) is 19.7. The van der Waals surface area contributed by atoms with E-state index >= 15 is 0 Å². The molecule has 0 fully saturated rings. The van der Waals surface area contributed by atoms with E-state index in [1.54, 1.807) is 16.7 Å². The van der Waals surface area contributed by atoms with Gasteiger partial charge in [-0.3, -0.25) is 0 Å². The largest absolute Gasteiger partial charge is 0.431 e. The highest BCUT2D eigenvalue weighted by molar-refractivity contribution is 9.10. The molecule has 142 valence electrons. The van der Waals surface area contributed by atoms with Crippen LogP contribution in [0, 0.1) is 5.82 Å². The molecule has 0 aliphatic carbocycles. The van der Waals surface area contributed by atoms with Crippen molar-refractivity contribution in [1.82, 2.24) is 9.55 Å². The fourth-order valence-electron chi connectivity index (χ4n) is 2.84. The molecular weight excluding hydrogens is 468 g/mol. The lowest BCUT2D eigenvalue weighted by Crippen LogP contribution is -2.12. The number of alkyl halides is 3. The maximum atomic E-state index is 14.3. The maximum absolute atomic E-state index is 14.3. The van der Waals surface area contributed by atoms with Crippen molar-refractivity contribution in [1.29, 1.82) is 0 Å². The van der Waals surface area contributed by atoms with Gasteiger partial charge in [-0.05, 0) is 24.3 Å². The third-order valence-electron chi connectivity index (χ3n) is 3.96. The average molecular weight is 480 g/mol. The van der Waals surface area contributed by atoms with E-state index in [0.717, 1.165) is 10.5 Å². The summed E-state index contributed by atoms with van der Waals surface area (Å²) >= 11 is 15.5. The van der Waals surface area contributed by atoms with Crippen molar-refractivity contribution in [3.8, 4) is 5.75 Å². The highest BCUT2D eigenvalue weighted by atomic mass is 79.9. The minimum Gasteiger partial charge on any atom is -0.431 e. The Morgan fingerprint density at radius 3 is 2.70 bits per heavy atom. The lowest BCUT2D eigenvalue weighted by Gasteiger charge is -2.17. The summed E-state index contributed by atoms with van der Waals surface area (Å²) in [6, 6.07) is 6.33. The van der Waals surface area contributed by atoms with E-state index in [9.17, 15) is 13.2 Å². The molecule has 3 aromatic rings. The van der Waals surface area contributed by atoms with Crippen molar-refractivity contribution >= 4 is 56.2 Å². The van der Waals surface area contributed by atoms with Crippen LogP contribution in [0.15, 0.2) is 35.3 Å². The molecule has 0 aliphatic rings. The Labute approximate surface area is 171 Å². The van der Waals surface area contributed by atoms with Crippen molar-refractivity contribution < 1.29 is 17.9 Å². The lowest BCUT2D eigenvalue weighted by molar-refractivity contribution is -0.0528. The van der Waals surface area contributed by atoms with Crippen LogP contribution >= 0.6 is 39.1 Å². The first-order chi connectivity index (χ1) is 12.8. The van der Waals surface area contributed by atoms with Crippen LogP contribution in [0.25, 0.3) is 17.1 Å². The van der Waals surface area contributed by atoms with Gasteiger partial charge >= 0.3 is 6.61 Å². The van der Waals surface area contributed by atoms with Crippen molar-refractivity contribution in [2.45, 2.75) is 19.0 Å². The van der Waals surface area contributed by atoms with Gasteiger partial charge < -0.3 is 9.30 Å². The van der Waals surface area contributed by atoms with Crippen molar-refractivity contribution in [3.63, 3.8) is 0 Å². The van der Waals surface area contributed by atoms with Gasteiger partial charge in [0.1, 0.15) is 5.82 Å². The molecule has 0 aliphatic heterocycles. The molecule has 3 nitrogen and oxygen atoms in total. The quantitative estimate of drug-likeness (QED) is 0.371. The van der Waals surface area contributed by atoms with Gasteiger partial charge in [0, 0.05) is 15.6 Å². The van der Waals surface area contributed by atoms with Crippen LogP contribution in [-0.4, -0.2) is 16.2 Å². The summed E-state index contributed by atoms with van der Waals surface area (Å²) in [4.78, 5) is 4.43. The smallest absolute Gasteiger partial charge is 0.387 e. The molecule has 0 radical (unpaired) electrons. The summed E-state index contributed by atoms with van der Waals surface area (Å²) in [5.41, 5.74) is 1.78. The van der Waals surface area contributed by atoms with Gasteiger partial charge in [-0.15, -0.1) is 11.6 Å². The summed E-state index contributed by atoms with van der Waals surface area (Å²) in [6.07, 6.45) is 1.37. The fourth-order valence-corrected chi connectivity index (χ4v) is 3.68. The third-order valence-corrected chi connectivity index (χ3v) is 5.01. The second kappa shape index (κ2) is 8.12. The van der Waals surface area contributed by atoms with Crippen LogP contribution < -0.4 is 4.74 Å². The molecule has 9 heteroatoms. The topological polar surface area (TPSA) is 27.1 Å². The molecule has 1 heterocycles. The first-order valence-corrected chi connectivity index (χ1v) is 9.35. The zero-order valence-electron chi connectivity index (χ0n) is 13.7. The Bertz CT molecular complexity index is 1020. The number of ether oxygens (including phenoxy) is 1. The summed E-state index contributed by atoms with van der Waals surface area (Å²) in [7, 11) is 0. The predicted molar refractivity (Wildman–Crippen MR) is 104 cm³/mol. The highest BCUT2D eigenvalue weighted by Gasteiger charge is 2.22. The Morgan fingerprint density at radius 2 is 2.07 bits per heavy atom. The van der Waals surface area contributed by atoms with Crippen molar-refractivity contribution in [2.75, 3.05) is 0 Å². The van der Waals surface area contributed by atoms with Gasteiger partial charge in [0.15, 0.2) is 11.6 Å². The molecule has 1 aromatic heterocycles. The summed E-state index contributed by atoms with van der Waals surface area (Å²) in [5.74, 6) is -1.01. The standard InChI is InChI=1S/C18H12BrCl2F3N2O/c1-2-10-11(17(27-18(23)24)13(22)6-12(10)21)8-26-15-5-9(19)3-4-14(15)25-16(26)7-20/h2-6,18H,1,7-8H2. The maximum Gasteiger partial charge on any atom is 0.387 e. The summed E-state index contributed by atoms with van der Waals surface area (Å²) in [5, 5.41) is 0.0390. The molecule has 0 spiro atoms. The van der Waals surface area contributed by atoms with Gasteiger partial charge in [-0.1, -0.05) is 40.2 Å². The second-order valence-corrected chi connectivity index (χ2v) is 7.12. The molecule has 0 amide bonds. The van der Waals surface area contributed by atoms with Crippen LogP contribution in [0.3, 0.4) is 0 Å². The molecule has 0 saturated carbocycles. The van der Waals surface area contributed by atoms with Crippen LogP contribution in [0.2, 0.25) is 5.02 Å². The first kappa shape index (κ1) is 20.0. The molecule has 0 atom stereocenters. The number of nitrogens with zero attached hydrogens (tertiary/aromatic N) is 2. The number of aromatic nitrogens is 2. The third kappa shape index (κ3) is 3.95. The molecule has 0 unspecified atom stereocenters. The second-order valence-electron chi connectivity index (χ2n) is 5.53. The van der Waals surface area contributed by atoms with E-state index in [-0.39, 0.29) is 23.0 Å². The average Bonchev–Trinajstić information content (AvgIpc) is 2.95. The zero-order valence-corrected chi connectivity index (χ0v) is 16.8. The normalized spacial score (nSPS) is 11.4. The SMILES string of the molecule is C=Cc1c(Cl)cc(F)c(OC(F)F)c1Cn1c(CCl)nc2ccc(Br)cc21. The Balaban J connectivity index is 2.25. The van der Waals surface area contributed by atoms with E-state index in [2.05, 4.69) is 32.2 Å². The van der Waals surface area contributed by atoms with E-state index < -0.39 is 18.2 Å². The van der Waals surface area contributed by atoms with Gasteiger partial charge in [0.2, 0.25) is 0 Å². The molecule has 0 saturated heterocycles. The minimum absolute atomic E-state index is 0.0319. The number of hydrogen-bond donors (Lipinski definition) is 0. The minimum atomic E-state index is -3.20.